The normalized spacial score (nSPS) is 47.5. The highest BCUT2D eigenvalue weighted by molar-refractivity contribution is 5.87. The van der Waals surface area contributed by atoms with Gasteiger partial charge in [-0.2, -0.15) is 0 Å². The Morgan fingerprint density at radius 3 is 2.86 bits per heavy atom. The van der Waals surface area contributed by atoms with E-state index in [2.05, 4.69) is 12.8 Å². The summed E-state index contributed by atoms with van der Waals surface area (Å²) in [4.78, 5) is 11.8. The maximum absolute atomic E-state index is 11.8. The molecule has 4 aliphatic rings. The van der Waals surface area contributed by atoms with Gasteiger partial charge in [0.2, 0.25) is 0 Å². The predicted octanol–water partition coefficient (Wildman–Crippen LogP) is 3.49. The molecule has 4 rings (SSSR count). The molecule has 0 aromatic carbocycles. The van der Waals surface area contributed by atoms with Crippen LogP contribution in [-0.4, -0.2) is 17.0 Å². The first-order valence-electron chi connectivity index (χ1n) is 8.92. The molecule has 0 aromatic rings. The molecule has 6 atom stereocenters. The van der Waals surface area contributed by atoms with Gasteiger partial charge < -0.3 is 5.11 Å². The second kappa shape index (κ2) is 4.96. The number of aliphatic hydroxyl groups is 1. The Kier molecular flexibility index (Phi) is 3.28. The van der Waals surface area contributed by atoms with Crippen LogP contribution in [0.5, 0.6) is 0 Å². The van der Waals surface area contributed by atoms with E-state index in [1.54, 1.807) is 0 Å². The molecule has 1 unspecified atom stereocenters. The summed E-state index contributed by atoms with van der Waals surface area (Å²) >= 11 is 0. The molecule has 2 saturated carbocycles. The maximum atomic E-state index is 11.8. The number of Topliss-reactive ketones (excluding diaryl/α,β-unsaturated/α-hetero) is 1. The second-order valence-corrected chi connectivity index (χ2v) is 8.25. The third-order valence-corrected chi connectivity index (χ3v) is 7.49. The van der Waals surface area contributed by atoms with Crippen LogP contribution in [0.3, 0.4) is 0 Å². The Balaban J connectivity index is 1.65. The molecule has 2 heteroatoms. The predicted molar refractivity (Wildman–Crippen MR) is 85.9 cm³/mol. The average Bonchev–Trinajstić information content (AvgIpc) is 2.85. The topological polar surface area (TPSA) is 37.3 Å². The molecule has 22 heavy (non-hydrogen) atoms. The first-order chi connectivity index (χ1) is 10.5. The summed E-state index contributed by atoms with van der Waals surface area (Å²) in [6.45, 7) is 2.43. The highest BCUT2D eigenvalue weighted by atomic mass is 16.3. The number of allylic oxidation sites excluding steroid dienone is 1. The number of carbonyl (C=O) groups is 1. The smallest absolute Gasteiger partial charge is 0.165 e. The van der Waals surface area contributed by atoms with Crippen molar-refractivity contribution in [2.45, 2.75) is 64.4 Å². The number of ketones is 1. The van der Waals surface area contributed by atoms with Gasteiger partial charge in [0.25, 0.3) is 0 Å². The Morgan fingerprint density at radius 2 is 2.09 bits per heavy atom. The minimum absolute atomic E-state index is 0.0334. The molecule has 0 aliphatic heterocycles. The van der Waals surface area contributed by atoms with Crippen molar-refractivity contribution in [2.24, 2.45) is 29.1 Å². The summed E-state index contributed by atoms with van der Waals surface area (Å²) in [6, 6.07) is 0. The van der Waals surface area contributed by atoms with Crippen molar-refractivity contribution in [1.82, 2.24) is 0 Å². The highest BCUT2D eigenvalue weighted by Crippen LogP contribution is 2.62. The third-order valence-electron chi connectivity index (χ3n) is 7.49. The van der Waals surface area contributed by atoms with Gasteiger partial charge in [-0.25, -0.2) is 0 Å². The minimum atomic E-state index is -0.743. The largest absolute Gasteiger partial charge is 0.385 e. The maximum Gasteiger partial charge on any atom is 0.165 e. The number of hydrogen-bond acceptors (Lipinski definition) is 2. The van der Waals surface area contributed by atoms with Crippen LogP contribution in [0.1, 0.15) is 58.3 Å². The second-order valence-electron chi connectivity index (χ2n) is 8.25. The Morgan fingerprint density at radius 1 is 1.27 bits per heavy atom. The first kappa shape index (κ1) is 14.5. The van der Waals surface area contributed by atoms with Crippen molar-refractivity contribution in [3.05, 3.63) is 11.1 Å². The molecule has 2 nitrogen and oxygen atoms in total. The van der Waals surface area contributed by atoms with Crippen LogP contribution < -0.4 is 0 Å². The Hall–Kier alpha value is -1.07. The van der Waals surface area contributed by atoms with Crippen LogP contribution in [0, 0.1) is 41.4 Å². The van der Waals surface area contributed by atoms with Gasteiger partial charge in [-0.3, -0.25) is 4.79 Å². The van der Waals surface area contributed by atoms with Gasteiger partial charge in [-0.15, -0.1) is 12.3 Å². The molecule has 0 saturated heterocycles. The first-order valence-corrected chi connectivity index (χ1v) is 8.92. The minimum Gasteiger partial charge on any atom is -0.385 e. The Labute approximate surface area is 133 Å². The van der Waals surface area contributed by atoms with E-state index < -0.39 is 6.10 Å². The molecular formula is C20H26O2. The van der Waals surface area contributed by atoms with E-state index in [4.69, 9.17) is 6.42 Å². The average molecular weight is 298 g/mol. The molecule has 1 N–H and O–H groups in total. The van der Waals surface area contributed by atoms with Gasteiger partial charge in [0.05, 0.1) is 0 Å². The van der Waals surface area contributed by atoms with E-state index in [0.717, 1.165) is 18.3 Å². The molecule has 0 bridgehead atoms. The summed E-state index contributed by atoms with van der Waals surface area (Å²) in [6.07, 6.45) is 13.4. The fraction of sp³-hybridized carbons (Fsp3) is 0.750. The van der Waals surface area contributed by atoms with E-state index in [9.17, 15) is 9.90 Å². The van der Waals surface area contributed by atoms with Gasteiger partial charge in [0.1, 0.15) is 6.10 Å². The van der Waals surface area contributed by atoms with Crippen LogP contribution >= 0.6 is 0 Å². The van der Waals surface area contributed by atoms with Gasteiger partial charge in [0.15, 0.2) is 5.78 Å². The zero-order valence-electron chi connectivity index (χ0n) is 13.5. The Bertz CT molecular complexity index is 581. The lowest BCUT2D eigenvalue weighted by molar-refractivity contribution is -0.127. The zero-order valence-corrected chi connectivity index (χ0v) is 13.5. The van der Waals surface area contributed by atoms with Crippen molar-refractivity contribution < 1.29 is 9.90 Å². The van der Waals surface area contributed by atoms with Crippen LogP contribution in [0.25, 0.3) is 0 Å². The van der Waals surface area contributed by atoms with Crippen LogP contribution in [0.15, 0.2) is 11.1 Å². The molecule has 0 heterocycles. The van der Waals surface area contributed by atoms with Crippen molar-refractivity contribution in [3.63, 3.8) is 0 Å². The molecule has 0 spiro atoms. The molecule has 4 aliphatic carbocycles. The van der Waals surface area contributed by atoms with Gasteiger partial charge >= 0.3 is 0 Å². The van der Waals surface area contributed by atoms with Crippen molar-refractivity contribution >= 4 is 5.78 Å². The van der Waals surface area contributed by atoms with E-state index in [1.165, 1.54) is 43.3 Å². The summed E-state index contributed by atoms with van der Waals surface area (Å²) in [5.74, 6) is 5.65. The summed E-state index contributed by atoms with van der Waals surface area (Å²) in [7, 11) is 0. The summed E-state index contributed by atoms with van der Waals surface area (Å²) < 4.78 is 0. The highest BCUT2D eigenvalue weighted by Gasteiger charge is 2.55. The molecule has 118 valence electrons. The van der Waals surface area contributed by atoms with E-state index in [1.807, 2.05) is 0 Å². The standard InChI is InChI=1S/C20H26O2/c1-3-13-5-7-17-15-6-4-12-10-18(21)19(22)11-16(12)14(15)8-9-20(13,17)2/h1,13-15,17,19,22H,4-11H2,2H3/t13-,14+,15-,17+,19?,20-/m1/s1. The van der Waals surface area contributed by atoms with E-state index in [-0.39, 0.29) is 5.78 Å². The number of terminal acetylenes is 1. The van der Waals surface area contributed by atoms with Gasteiger partial charge in [0, 0.05) is 18.8 Å². The van der Waals surface area contributed by atoms with Crippen molar-refractivity contribution in [3.8, 4) is 12.3 Å². The van der Waals surface area contributed by atoms with Crippen LogP contribution in [0.4, 0.5) is 0 Å². The summed E-state index contributed by atoms with van der Waals surface area (Å²) in [5, 5.41) is 10.0. The van der Waals surface area contributed by atoms with Crippen LogP contribution in [0.2, 0.25) is 0 Å². The third kappa shape index (κ3) is 1.88. The van der Waals surface area contributed by atoms with Gasteiger partial charge in [-0.1, -0.05) is 18.1 Å². The lowest BCUT2D eigenvalue weighted by atomic mass is 9.53. The fourth-order valence-electron chi connectivity index (χ4n) is 6.31. The number of hydrogen-bond donors (Lipinski definition) is 1. The lowest BCUT2D eigenvalue weighted by Crippen LogP contribution is -2.44. The molecule has 0 aromatic heterocycles. The monoisotopic (exact) mass is 298 g/mol. The molecule has 0 radical (unpaired) electrons. The van der Waals surface area contributed by atoms with Crippen molar-refractivity contribution in [1.29, 1.82) is 0 Å². The van der Waals surface area contributed by atoms with Gasteiger partial charge in [-0.05, 0) is 61.7 Å². The number of aliphatic hydroxyl groups excluding tert-OH is 1. The fourth-order valence-corrected chi connectivity index (χ4v) is 6.31. The van der Waals surface area contributed by atoms with E-state index >= 15 is 0 Å². The zero-order chi connectivity index (χ0) is 15.5. The SMILES string of the molecule is C#C[C@@H]1CC[C@H]2[C@@H]3CCC4=C(CC(O)C(=O)C4)[C@H]3CC[C@]12C. The number of carbonyl (C=O) groups excluding carboxylic acids is 1. The van der Waals surface area contributed by atoms with Crippen molar-refractivity contribution in [2.75, 3.05) is 0 Å². The molecular weight excluding hydrogens is 272 g/mol. The summed E-state index contributed by atoms with van der Waals surface area (Å²) in [5.41, 5.74) is 3.15. The molecule has 0 amide bonds. The van der Waals surface area contributed by atoms with Crippen LogP contribution in [-0.2, 0) is 4.79 Å². The molecule has 2 fully saturated rings. The lowest BCUT2D eigenvalue weighted by Gasteiger charge is -2.51. The number of fused-ring (bicyclic) bond motifs is 4. The van der Waals surface area contributed by atoms with E-state index in [0.29, 0.717) is 30.1 Å². The quantitative estimate of drug-likeness (QED) is 0.549. The number of rotatable bonds is 0.